The van der Waals surface area contributed by atoms with E-state index in [-0.39, 0.29) is 19.1 Å². The van der Waals surface area contributed by atoms with E-state index >= 15 is 0 Å². The van der Waals surface area contributed by atoms with Gasteiger partial charge in [-0.05, 0) is 66.1 Å². The monoisotopic (exact) mass is 443 g/mol. The van der Waals surface area contributed by atoms with Crippen LogP contribution in [0.3, 0.4) is 0 Å². The lowest BCUT2D eigenvalue weighted by Gasteiger charge is -2.18. The molecular weight excluding hydrogens is 414 g/mol. The molecule has 1 amide bonds. The third kappa shape index (κ3) is 4.77. The molecular formula is C28H29NO4. The minimum Gasteiger partial charge on any atom is -0.481 e. The van der Waals surface area contributed by atoms with Crippen molar-refractivity contribution in [1.82, 2.24) is 5.32 Å². The Hall–Kier alpha value is -3.60. The molecule has 1 unspecified atom stereocenters. The van der Waals surface area contributed by atoms with E-state index in [1.165, 1.54) is 0 Å². The molecule has 1 aliphatic rings. The normalized spacial score (nSPS) is 13.2. The van der Waals surface area contributed by atoms with Crippen molar-refractivity contribution in [3.63, 3.8) is 0 Å². The van der Waals surface area contributed by atoms with Gasteiger partial charge in [-0.2, -0.15) is 0 Å². The van der Waals surface area contributed by atoms with E-state index in [4.69, 9.17) is 4.74 Å². The molecule has 0 fully saturated rings. The fourth-order valence-corrected chi connectivity index (χ4v) is 4.88. The SMILES string of the molecule is Cc1cc(C)c(CC(CNC(=O)OCC2c3ccccc3-c3ccccc32)C(=O)O)c(C)c1. The van der Waals surface area contributed by atoms with Gasteiger partial charge in [-0.25, -0.2) is 4.79 Å². The fourth-order valence-electron chi connectivity index (χ4n) is 4.88. The van der Waals surface area contributed by atoms with Gasteiger partial charge in [0, 0.05) is 12.5 Å². The summed E-state index contributed by atoms with van der Waals surface area (Å²) < 4.78 is 5.54. The lowest BCUT2D eigenvalue weighted by Crippen LogP contribution is -2.35. The summed E-state index contributed by atoms with van der Waals surface area (Å²) in [5, 5.41) is 12.4. The van der Waals surface area contributed by atoms with Gasteiger partial charge in [0.15, 0.2) is 0 Å². The van der Waals surface area contributed by atoms with Crippen molar-refractivity contribution >= 4 is 12.1 Å². The molecule has 0 aromatic heterocycles. The standard InChI is InChI=1S/C28H29NO4/c1-17-12-18(2)25(19(3)13-17)14-20(27(30)31)15-29-28(32)33-16-26-23-10-6-4-8-21(23)22-9-5-7-11-24(22)26/h4-13,20,26H,14-16H2,1-3H3,(H,29,32)(H,30,31). The van der Waals surface area contributed by atoms with Crippen LogP contribution in [0.25, 0.3) is 11.1 Å². The Morgan fingerprint density at radius 3 is 2.03 bits per heavy atom. The number of alkyl carbamates (subject to hydrolysis) is 1. The van der Waals surface area contributed by atoms with Crippen LogP contribution >= 0.6 is 0 Å². The number of carbonyl (C=O) groups excluding carboxylic acids is 1. The first-order valence-corrected chi connectivity index (χ1v) is 11.2. The second-order valence-electron chi connectivity index (χ2n) is 8.82. The highest BCUT2D eigenvalue weighted by Crippen LogP contribution is 2.44. The number of amides is 1. The summed E-state index contributed by atoms with van der Waals surface area (Å²) in [6, 6.07) is 20.4. The van der Waals surface area contributed by atoms with E-state index in [1.807, 2.05) is 45.0 Å². The van der Waals surface area contributed by atoms with Gasteiger partial charge < -0.3 is 15.2 Å². The highest BCUT2D eigenvalue weighted by Gasteiger charge is 2.29. The molecule has 5 nitrogen and oxygen atoms in total. The molecule has 1 atom stereocenters. The number of nitrogens with one attached hydrogen (secondary N) is 1. The highest BCUT2D eigenvalue weighted by molar-refractivity contribution is 5.79. The van der Waals surface area contributed by atoms with Crippen LogP contribution in [-0.2, 0) is 16.0 Å². The number of benzene rings is 3. The van der Waals surface area contributed by atoms with Crippen molar-refractivity contribution in [2.75, 3.05) is 13.2 Å². The number of rotatable bonds is 7. The van der Waals surface area contributed by atoms with E-state index < -0.39 is 18.0 Å². The molecule has 4 rings (SSSR count). The van der Waals surface area contributed by atoms with Crippen molar-refractivity contribution in [3.05, 3.63) is 94.0 Å². The Bertz CT molecular complexity index is 1130. The lowest BCUT2D eigenvalue weighted by atomic mass is 9.91. The average molecular weight is 444 g/mol. The van der Waals surface area contributed by atoms with E-state index in [1.54, 1.807) is 0 Å². The third-order valence-electron chi connectivity index (χ3n) is 6.48. The zero-order chi connectivity index (χ0) is 23.5. The molecule has 0 bridgehead atoms. The van der Waals surface area contributed by atoms with Gasteiger partial charge in [0.25, 0.3) is 0 Å². The summed E-state index contributed by atoms with van der Waals surface area (Å²) in [6.07, 6.45) is -0.239. The first kappa shape index (κ1) is 22.6. The number of ether oxygens (including phenoxy) is 1. The average Bonchev–Trinajstić information content (AvgIpc) is 3.10. The van der Waals surface area contributed by atoms with Crippen LogP contribution in [0.5, 0.6) is 0 Å². The molecule has 1 aliphatic carbocycles. The number of carboxylic acid groups (broad SMARTS) is 1. The molecule has 3 aromatic rings. The van der Waals surface area contributed by atoms with Crippen molar-refractivity contribution in [3.8, 4) is 11.1 Å². The highest BCUT2D eigenvalue weighted by atomic mass is 16.5. The first-order valence-electron chi connectivity index (χ1n) is 11.2. The summed E-state index contributed by atoms with van der Waals surface area (Å²) in [7, 11) is 0. The Balaban J connectivity index is 1.39. The lowest BCUT2D eigenvalue weighted by molar-refractivity contribution is -0.141. The van der Waals surface area contributed by atoms with Crippen molar-refractivity contribution < 1.29 is 19.4 Å². The van der Waals surface area contributed by atoms with Gasteiger partial charge in [0.1, 0.15) is 6.61 Å². The maximum Gasteiger partial charge on any atom is 0.407 e. The molecule has 0 saturated carbocycles. The van der Waals surface area contributed by atoms with Crippen molar-refractivity contribution in [2.45, 2.75) is 33.1 Å². The molecule has 170 valence electrons. The molecule has 0 saturated heterocycles. The third-order valence-corrected chi connectivity index (χ3v) is 6.48. The smallest absolute Gasteiger partial charge is 0.407 e. The van der Waals surface area contributed by atoms with Crippen LogP contribution in [0, 0.1) is 26.7 Å². The molecule has 0 spiro atoms. The van der Waals surface area contributed by atoms with Crippen molar-refractivity contribution in [1.29, 1.82) is 0 Å². The number of fused-ring (bicyclic) bond motifs is 3. The Kier molecular flexibility index (Phi) is 6.50. The minimum atomic E-state index is -0.937. The van der Waals surface area contributed by atoms with Gasteiger partial charge in [-0.3, -0.25) is 4.79 Å². The topological polar surface area (TPSA) is 75.6 Å². The molecule has 0 heterocycles. The summed E-state index contributed by atoms with van der Waals surface area (Å²) in [4.78, 5) is 24.3. The first-order chi connectivity index (χ1) is 15.8. The summed E-state index contributed by atoms with van der Waals surface area (Å²) in [5.41, 5.74) is 8.91. The largest absolute Gasteiger partial charge is 0.481 e. The summed E-state index contributed by atoms with van der Waals surface area (Å²) in [5.74, 6) is -1.70. The van der Waals surface area contributed by atoms with Crippen LogP contribution in [0.1, 0.15) is 39.3 Å². The van der Waals surface area contributed by atoms with Crippen LogP contribution in [0.2, 0.25) is 0 Å². The number of carboxylic acids is 1. The summed E-state index contributed by atoms with van der Waals surface area (Å²) in [6.45, 7) is 6.23. The van der Waals surface area contributed by atoms with Gasteiger partial charge in [0.2, 0.25) is 0 Å². The second kappa shape index (κ2) is 9.49. The molecule has 2 N–H and O–H groups in total. The van der Waals surface area contributed by atoms with Crippen LogP contribution in [0.15, 0.2) is 60.7 Å². The van der Waals surface area contributed by atoms with Gasteiger partial charge in [-0.15, -0.1) is 0 Å². The number of hydrogen-bond donors (Lipinski definition) is 2. The van der Waals surface area contributed by atoms with E-state index in [2.05, 4.69) is 41.7 Å². The molecule has 3 aromatic carbocycles. The predicted molar refractivity (Wildman–Crippen MR) is 129 cm³/mol. The predicted octanol–water partition coefficient (Wildman–Crippen LogP) is 5.39. The molecule has 0 aliphatic heterocycles. The second-order valence-corrected chi connectivity index (χ2v) is 8.82. The zero-order valence-electron chi connectivity index (χ0n) is 19.2. The van der Waals surface area contributed by atoms with E-state index in [0.717, 1.165) is 44.5 Å². The number of carbonyl (C=O) groups is 2. The fraction of sp³-hybridized carbons (Fsp3) is 0.286. The maximum atomic E-state index is 12.5. The molecule has 5 heteroatoms. The molecule has 0 radical (unpaired) electrons. The Labute approximate surface area is 194 Å². The van der Waals surface area contributed by atoms with Crippen LogP contribution in [-0.4, -0.2) is 30.3 Å². The Morgan fingerprint density at radius 2 is 1.48 bits per heavy atom. The Morgan fingerprint density at radius 1 is 0.939 bits per heavy atom. The van der Waals surface area contributed by atoms with Gasteiger partial charge >= 0.3 is 12.1 Å². The maximum absolute atomic E-state index is 12.5. The summed E-state index contributed by atoms with van der Waals surface area (Å²) >= 11 is 0. The zero-order valence-corrected chi connectivity index (χ0v) is 19.2. The molecule has 33 heavy (non-hydrogen) atoms. The van der Waals surface area contributed by atoms with E-state index in [9.17, 15) is 14.7 Å². The van der Waals surface area contributed by atoms with Crippen molar-refractivity contribution in [2.24, 2.45) is 5.92 Å². The van der Waals surface area contributed by atoms with E-state index in [0.29, 0.717) is 6.42 Å². The number of hydrogen-bond acceptors (Lipinski definition) is 3. The quantitative estimate of drug-likeness (QED) is 0.513. The number of aliphatic carboxylic acids is 1. The minimum absolute atomic E-state index is 0.0127. The number of aryl methyl sites for hydroxylation is 3. The van der Waals surface area contributed by atoms with Gasteiger partial charge in [0.05, 0.1) is 5.92 Å². The van der Waals surface area contributed by atoms with Crippen LogP contribution in [0.4, 0.5) is 4.79 Å². The van der Waals surface area contributed by atoms with Crippen LogP contribution < -0.4 is 5.32 Å². The van der Waals surface area contributed by atoms with Gasteiger partial charge in [-0.1, -0.05) is 66.2 Å².